The Balaban J connectivity index is 1.96. The fourth-order valence-corrected chi connectivity index (χ4v) is 2.42. The van der Waals surface area contributed by atoms with Crippen molar-refractivity contribution in [2.75, 3.05) is 0 Å². The van der Waals surface area contributed by atoms with Gasteiger partial charge in [-0.25, -0.2) is 5.43 Å². The Morgan fingerprint density at radius 3 is 2.63 bits per heavy atom. The summed E-state index contributed by atoms with van der Waals surface area (Å²) in [4.78, 5) is 0. The molecule has 0 aliphatic rings. The van der Waals surface area contributed by atoms with Crippen molar-refractivity contribution < 1.29 is 4.42 Å². The monoisotopic (exact) mass is 252 g/mol. The second-order valence-electron chi connectivity index (χ2n) is 4.58. The van der Waals surface area contributed by atoms with Gasteiger partial charge in [-0.2, -0.15) is 0 Å². The minimum Gasteiger partial charge on any atom is -0.468 e. The summed E-state index contributed by atoms with van der Waals surface area (Å²) in [6.07, 6.45) is 2.47. The first-order valence-electron chi connectivity index (χ1n) is 6.34. The Morgan fingerprint density at radius 1 is 1.00 bits per heavy atom. The summed E-state index contributed by atoms with van der Waals surface area (Å²) in [6.45, 7) is 0. The fourth-order valence-electron chi connectivity index (χ4n) is 2.42. The van der Waals surface area contributed by atoms with Crippen LogP contribution in [0.5, 0.6) is 0 Å². The van der Waals surface area contributed by atoms with E-state index in [2.05, 4.69) is 47.9 Å². The SMILES string of the molecule is NNC(Cc1cccc2ccccc12)c1ccco1. The minimum atomic E-state index is -0.0131. The summed E-state index contributed by atoms with van der Waals surface area (Å²) < 4.78 is 5.43. The molecule has 1 unspecified atom stereocenters. The first-order valence-corrected chi connectivity index (χ1v) is 6.34. The molecular formula is C16H16N2O. The molecule has 1 aromatic heterocycles. The Morgan fingerprint density at radius 2 is 1.84 bits per heavy atom. The average molecular weight is 252 g/mol. The number of nitrogens with two attached hydrogens (primary N) is 1. The highest BCUT2D eigenvalue weighted by Crippen LogP contribution is 2.24. The Bertz CT molecular complexity index is 656. The van der Waals surface area contributed by atoms with Gasteiger partial charge in [0, 0.05) is 0 Å². The smallest absolute Gasteiger partial charge is 0.122 e. The van der Waals surface area contributed by atoms with Crippen molar-refractivity contribution >= 4 is 10.8 Å². The maximum absolute atomic E-state index is 5.65. The number of furan rings is 1. The number of rotatable bonds is 4. The van der Waals surface area contributed by atoms with Gasteiger partial charge in [0.1, 0.15) is 5.76 Å². The second-order valence-corrected chi connectivity index (χ2v) is 4.58. The molecule has 0 saturated heterocycles. The molecule has 1 atom stereocenters. The third kappa shape index (κ3) is 2.38. The van der Waals surface area contributed by atoms with Crippen molar-refractivity contribution in [2.24, 2.45) is 5.84 Å². The zero-order chi connectivity index (χ0) is 13.1. The predicted molar refractivity (Wildman–Crippen MR) is 76.4 cm³/mol. The van der Waals surface area contributed by atoms with Gasteiger partial charge in [0.25, 0.3) is 0 Å². The summed E-state index contributed by atoms with van der Waals surface area (Å²) in [5.74, 6) is 6.50. The highest BCUT2D eigenvalue weighted by Gasteiger charge is 2.14. The van der Waals surface area contributed by atoms with E-state index >= 15 is 0 Å². The summed E-state index contributed by atoms with van der Waals surface area (Å²) in [7, 11) is 0. The van der Waals surface area contributed by atoms with Gasteiger partial charge in [0.2, 0.25) is 0 Å². The molecule has 96 valence electrons. The van der Waals surface area contributed by atoms with Crippen molar-refractivity contribution in [1.82, 2.24) is 5.43 Å². The first kappa shape index (κ1) is 12.0. The molecule has 0 fully saturated rings. The number of fused-ring (bicyclic) bond motifs is 1. The molecule has 0 bridgehead atoms. The quantitative estimate of drug-likeness (QED) is 0.554. The van der Waals surface area contributed by atoms with Gasteiger partial charge >= 0.3 is 0 Å². The molecule has 0 amide bonds. The van der Waals surface area contributed by atoms with Crippen LogP contribution >= 0.6 is 0 Å². The summed E-state index contributed by atoms with van der Waals surface area (Å²) >= 11 is 0. The Kier molecular flexibility index (Phi) is 3.31. The highest BCUT2D eigenvalue weighted by molar-refractivity contribution is 5.85. The third-order valence-electron chi connectivity index (χ3n) is 3.39. The molecule has 0 spiro atoms. The molecule has 19 heavy (non-hydrogen) atoms. The topological polar surface area (TPSA) is 51.2 Å². The molecule has 0 radical (unpaired) electrons. The zero-order valence-electron chi connectivity index (χ0n) is 10.5. The lowest BCUT2D eigenvalue weighted by Crippen LogP contribution is -2.29. The van der Waals surface area contributed by atoms with Gasteiger partial charge in [-0.3, -0.25) is 5.84 Å². The molecule has 2 aromatic carbocycles. The fraction of sp³-hybridized carbons (Fsp3) is 0.125. The van der Waals surface area contributed by atoms with Crippen LogP contribution in [0.1, 0.15) is 17.4 Å². The summed E-state index contributed by atoms with van der Waals surface area (Å²) in [6, 6.07) is 18.5. The van der Waals surface area contributed by atoms with E-state index in [-0.39, 0.29) is 6.04 Å². The van der Waals surface area contributed by atoms with Crippen molar-refractivity contribution in [2.45, 2.75) is 12.5 Å². The van der Waals surface area contributed by atoms with E-state index in [1.54, 1.807) is 6.26 Å². The minimum absolute atomic E-state index is 0.0131. The van der Waals surface area contributed by atoms with Crippen LogP contribution in [0, 0.1) is 0 Å². The molecule has 3 rings (SSSR count). The number of hydrogen-bond donors (Lipinski definition) is 2. The van der Waals surface area contributed by atoms with E-state index in [0.29, 0.717) is 0 Å². The van der Waals surface area contributed by atoms with Gasteiger partial charge in [-0.1, -0.05) is 42.5 Å². The van der Waals surface area contributed by atoms with Crippen LogP contribution in [-0.4, -0.2) is 0 Å². The molecule has 0 saturated carbocycles. The van der Waals surface area contributed by atoms with Gasteiger partial charge in [0.15, 0.2) is 0 Å². The van der Waals surface area contributed by atoms with Crippen LogP contribution in [-0.2, 0) is 6.42 Å². The zero-order valence-corrected chi connectivity index (χ0v) is 10.5. The number of hydrogen-bond acceptors (Lipinski definition) is 3. The standard InChI is InChI=1S/C16H16N2O/c17-18-15(16-9-4-10-19-16)11-13-7-3-6-12-5-1-2-8-14(12)13/h1-10,15,18H,11,17H2. The van der Waals surface area contributed by atoms with Crippen molar-refractivity contribution in [1.29, 1.82) is 0 Å². The van der Waals surface area contributed by atoms with Crippen molar-refractivity contribution in [3.8, 4) is 0 Å². The molecule has 3 N–H and O–H groups in total. The van der Waals surface area contributed by atoms with Crippen molar-refractivity contribution in [3.63, 3.8) is 0 Å². The van der Waals surface area contributed by atoms with Gasteiger partial charge < -0.3 is 4.42 Å². The van der Waals surface area contributed by atoms with Gasteiger partial charge in [-0.15, -0.1) is 0 Å². The summed E-state index contributed by atoms with van der Waals surface area (Å²) in [5, 5.41) is 2.51. The second kappa shape index (κ2) is 5.26. The van der Waals surface area contributed by atoms with Gasteiger partial charge in [-0.05, 0) is 34.9 Å². The average Bonchev–Trinajstić information content (AvgIpc) is 2.99. The molecule has 0 aliphatic heterocycles. The summed E-state index contributed by atoms with van der Waals surface area (Å²) in [5.41, 5.74) is 4.09. The first-order chi connectivity index (χ1) is 9.38. The van der Waals surface area contributed by atoms with E-state index in [4.69, 9.17) is 10.3 Å². The maximum atomic E-state index is 5.65. The van der Waals surface area contributed by atoms with Crippen LogP contribution in [0.15, 0.2) is 65.3 Å². The van der Waals surface area contributed by atoms with Crippen LogP contribution < -0.4 is 11.3 Å². The highest BCUT2D eigenvalue weighted by atomic mass is 16.3. The van der Waals surface area contributed by atoms with Crippen molar-refractivity contribution in [3.05, 3.63) is 72.2 Å². The molecule has 3 heteroatoms. The van der Waals surface area contributed by atoms with Gasteiger partial charge in [0.05, 0.1) is 12.3 Å². The van der Waals surface area contributed by atoms with E-state index < -0.39 is 0 Å². The Labute approximate surface area is 112 Å². The number of benzene rings is 2. The predicted octanol–water partition coefficient (Wildman–Crippen LogP) is 3.18. The lowest BCUT2D eigenvalue weighted by molar-refractivity contribution is 0.416. The normalized spacial score (nSPS) is 12.7. The molecule has 1 heterocycles. The third-order valence-corrected chi connectivity index (χ3v) is 3.39. The lowest BCUT2D eigenvalue weighted by Gasteiger charge is -2.15. The number of nitrogens with one attached hydrogen (secondary N) is 1. The largest absolute Gasteiger partial charge is 0.468 e. The Hall–Kier alpha value is -2.10. The number of hydrazine groups is 1. The van der Waals surface area contributed by atoms with Crippen LogP contribution in [0.3, 0.4) is 0 Å². The maximum Gasteiger partial charge on any atom is 0.122 e. The molecule has 3 aromatic rings. The van der Waals surface area contributed by atoms with E-state index in [9.17, 15) is 0 Å². The van der Waals surface area contributed by atoms with E-state index in [1.807, 2.05) is 12.1 Å². The lowest BCUT2D eigenvalue weighted by atomic mass is 9.98. The molecular weight excluding hydrogens is 236 g/mol. The van der Waals surface area contributed by atoms with Crippen LogP contribution in [0.25, 0.3) is 10.8 Å². The van der Waals surface area contributed by atoms with Crippen LogP contribution in [0.2, 0.25) is 0 Å². The van der Waals surface area contributed by atoms with Crippen LogP contribution in [0.4, 0.5) is 0 Å². The van der Waals surface area contributed by atoms with E-state index in [0.717, 1.165) is 12.2 Å². The molecule has 3 nitrogen and oxygen atoms in total. The molecule has 0 aliphatic carbocycles. The van der Waals surface area contributed by atoms with E-state index in [1.165, 1.54) is 16.3 Å².